The van der Waals surface area contributed by atoms with Crippen LogP contribution >= 0.6 is 0 Å². The van der Waals surface area contributed by atoms with Gasteiger partial charge in [-0.15, -0.1) is 0 Å². The number of piperazine rings is 1. The van der Waals surface area contributed by atoms with Gasteiger partial charge in [-0.25, -0.2) is 18.1 Å². The van der Waals surface area contributed by atoms with E-state index in [1.54, 1.807) is 29.2 Å². The highest BCUT2D eigenvalue weighted by atomic mass is 32.2. The number of rotatable bonds is 6. The number of aromatic nitrogens is 4. The minimum atomic E-state index is -3.59. The average Bonchev–Trinajstić information content (AvgIpc) is 3.18. The molecule has 1 aliphatic heterocycles. The molecule has 1 saturated heterocycles. The Morgan fingerprint density at radius 1 is 1.07 bits per heavy atom. The SMILES string of the molecule is CC(C)n1cnc(S(=O)(=O)N2CCN(CCn3nc(C(C)(C)C)ccc3=O)CC2)c1. The van der Waals surface area contributed by atoms with Crippen LogP contribution < -0.4 is 5.56 Å². The van der Waals surface area contributed by atoms with E-state index in [1.807, 2.05) is 13.8 Å². The Labute approximate surface area is 178 Å². The van der Waals surface area contributed by atoms with Crippen molar-refractivity contribution in [2.75, 3.05) is 32.7 Å². The van der Waals surface area contributed by atoms with Crippen LogP contribution in [0, 0.1) is 0 Å². The molecule has 3 heterocycles. The van der Waals surface area contributed by atoms with Crippen LogP contribution in [0.4, 0.5) is 0 Å². The minimum Gasteiger partial charge on any atom is -0.334 e. The lowest BCUT2D eigenvalue weighted by molar-refractivity contribution is 0.179. The van der Waals surface area contributed by atoms with Crippen LogP contribution in [0.3, 0.4) is 0 Å². The first-order valence-corrected chi connectivity index (χ1v) is 11.8. The molecule has 2 aromatic heterocycles. The van der Waals surface area contributed by atoms with Crippen molar-refractivity contribution in [3.8, 4) is 0 Å². The van der Waals surface area contributed by atoms with Gasteiger partial charge in [0, 0.05) is 56.4 Å². The summed E-state index contributed by atoms with van der Waals surface area (Å²) in [4.78, 5) is 18.4. The first kappa shape index (κ1) is 22.6. The first-order chi connectivity index (χ1) is 14.0. The summed E-state index contributed by atoms with van der Waals surface area (Å²) in [6, 6.07) is 3.50. The van der Waals surface area contributed by atoms with Gasteiger partial charge in [0.15, 0.2) is 5.03 Å². The molecule has 2 aromatic rings. The Balaban J connectivity index is 1.59. The molecule has 0 N–H and O–H groups in total. The summed E-state index contributed by atoms with van der Waals surface area (Å²) >= 11 is 0. The maximum absolute atomic E-state index is 12.9. The zero-order chi connectivity index (χ0) is 22.1. The lowest BCUT2D eigenvalue weighted by Gasteiger charge is -2.33. The highest BCUT2D eigenvalue weighted by Gasteiger charge is 2.30. The second-order valence-electron chi connectivity index (χ2n) is 9.03. The molecule has 30 heavy (non-hydrogen) atoms. The molecule has 3 rings (SSSR count). The Bertz CT molecular complexity index is 1030. The molecular weight excluding hydrogens is 404 g/mol. The molecule has 0 aromatic carbocycles. The molecule has 0 atom stereocenters. The molecular formula is C20H32N6O3S. The topological polar surface area (TPSA) is 93.3 Å². The van der Waals surface area contributed by atoms with Gasteiger partial charge in [0.2, 0.25) is 0 Å². The Morgan fingerprint density at radius 3 is 2.30 bits per heavy atom. The van der Waals surface area contributed by atoms with Crippen LogP contribution in [0.5, 0.6) is 0 Å². The molecule has 1 aliphatic rings. The largest absolute Gasteiger partial charge is 0.334 e. The van der Waals surface area contributed by atoms with Crippen LogP contribution in [0.25, 0.3) is 0 Å². The van der Waals surface area contributed by atoms with Crippen molar-refractivity contribution in [2.45, 2.75) is 57.6 Å². The second kappa shape index (κ2) is 8.60. The van der Waals surface area contributed by atoms with Gasteiger partial charge >= 0.3 is 0 Å². The molecule has 0 saturated carbocycles. The fraction of sp³-hybridized carbons (Fsp3) is 0.650. The van der Waals surface area contributed by atoms with E-state index in [9.17, 15) is 13.2 Å². The highest BCUT2D eigenvalue weighted by Crippen LogP contribution is 2.19. The lowest BCUT2D eigenvalue weighted by atomic mass is 9.92. The fourth-order valence-electron chi connectivity index (χ4n) is 3.30. The third-order valence-electron chi connectivity index (χ3n) is 5.37. The lowest BCUT2D eigenvalue weighted by Crippen LogP contribution is -2.49. The van der Waals surface area contributed by atoms with Crippen molar-refractivity contribution in [3.63, 3.8) is 0 Å². The van der Waals surface area contributed by atoms with E-state index < -0.39 is 10.0 Å². The Hall–Kier alpha value is -2.04. The quantitative estimate of drug-likeness (QED) is 0.678. The number of imidazole rings is 1. The monoisotopic (exact) mass is 436 g/mol. The molecule has 0 amide bonds. The molecule has 10 heteroatoms. The summed E-state index contributed by atoms with van der Waals surface area (Å²) in [5.41, 5.74) is 0.627. The van der Waals surface area contributed by atoms with Gasteiger partial charge in [0.1, 0.15) is 0 Å². The summed E-state index contributed by atoms with van der Waals surface area (Å²) < 4.78 is 30.5. The maximum atomic E-state index is 12.9. The third-order valence-corrected chi connectivity index (χ3v) is 7.16. The van der Waals surface area contributed by atoms with E-state index in [0.29, 0.717) is 39.3 Å². The Kier molecular flexibility index (Phi) is 6.49. The summed E-state index contributed by atoms with van der Waals surface area (Å²) in [5, 5.41) is 4.60. The predicted molar refractivity (Wildman–Crippen MR) is 115 cm³/mol. The van der Waals surface area contributed by atoms with Gasteiger partial charge in [-0.1, -0.05) is 20.8 Å². The number of nitrogens with zero attached hydrogens (tertiary/aromatic N) is 6. The van der Waals surface area contributed by atoms with Gasteiger partial charge in [0.05, 0.1) is 18.6 Å². The van der Waals surface area contributed by atoms with Crippen LogP contribution in [-0.4, -0.2) is 69.7 Å². The van der Waals surface area contributed by atoms with E-state index in [0.717, 1.165) is 5.69 Å². The summed E-state index contributed by atoms with van der Waals surface area (Å²) in [6.45, 7) is 13.3. The van der Waals surface area contributed by atoms with Crippen molar-refractivity contribution < 1.29 is 8.42 Å². The summed E-state index contributed by atoms with van der Waals surface area (Å²) in [7, 11) is -3.59. The summed E-state index contributed by atoms with van der Waals surface area (Å²) in [5.74, 6) is 0. The van der Waals surface area contributed by atoms with Crippen molar-refractivity contribution >= 4 is 10.0 Å². The van der Waals surface area contributed by atoms with E-state index in [-0.39, 0.29) is 22.0 Å². The van der Waals surface area contributed by atoms with Gasteiger partial charge in [0.25, 0.3) is 15.6 Å². The normalized spacial score (nSPS) is 17.0. The van der Waals surface area contributed by atoms with E-state index in [1.165, 1.54) is 8.99 Å². The zero-order valence-electron chi connectivity index (χ0n) is 18.4. The van der Waals surface area contributed by atoms with Crippen LogP contribution in [-0.2, 0) is 22.0 Å². The summed E-state index contributed by atoms with van der Waals surface area (Å²) in [6.07, 6.45) is 3.15. The molecule has 9 nitrogen and oxygen atoms in total. The van der Waals surface area contributed by atoms with Crippen molar-refractivity contribution in [3.05, 3.63) is 40.7 Å². The van der Waals surface area contributed by atoms with Crippen LogP contribution in [0.1, 0.15) is 46.4 Å². The van der Waals surface area contributed by atoms with Gasteiger partial charge in [-0.2, -0.15) is 9.40 Å². The molecule has 0 unspecified atom stereocenters. The molecule has 0 aliphatic carbocycles. The molecule has 0 radical (unpaired) electrons. The standard InChI is InChI=1S/C20H32N6O3S/c1-16(2)24-14-18(21-15-24)30(28,29)25-11-8-23(9-12-25)10-13-26-19(27)7-6-17(22-26)20(3,4)5/h6-7,14-16H,8-13H2,1-5H3. The Morgan fingerprint density at radius 2 is 1.73 bits per heavy atom. The molecule has 166 valence electrons. The smallest absolute Gasteiger partial charge is 0.266 e. The third kappa shape index (κ3) is 4.98. The van der Waals surface area contributed by atoms with Crippen molar-refractivity contribution in [1.82, 2.24) is 28.5 Å². The zero-order valence-corrected chi connectivity index (χ0v) is 19.3. The molecule has 0 bridgehead atoms. The van der Waals surface area contributed by atoms with E-state index >= 15 is 0 Å². The number of hydrogen-bond acceptors (Lipinski definition) is 6. The van der Waals surface area contributed by atoms with Crippen LogP contribution in [0.2, 0.25) is 0 Å². The first-order valence-electron chi connectivity index (χ1n) is 10.3. The number of sulfonamides is 1. The maximum Gasteiger partial charge on any atom is 0.266 e. The van der Waals surface area contributed by atoms with Gasteiger partial charge in [-0.05, 0) is 19.9 Å². The molecule has 0 spiro atoms. The van der Waals surface area contributed by atoms with Crippen LogP contribution in [0.15, 0.2) is 34.5 Å². The predicted octanol–water partition coefficient (Wildman–Crippen LogP) is 1.32. The molecule has 1 fully saturated rings. The van der Waals surface area contributed by atoms with E-state index in [2.05, 4.69) is 35.8 Å². The van der Waals surface area contributed by atoms with E-state index in [4.69, 9.17) is 0 Å². The van der Waals surface area contributed by atoms with Crippen molar-refractivity contribution in [2.24, 2.45) is 0 Å². The second-order valence-corrected chi connectivity index (χ2v) is 10.9. The van der Waals surface area contributed by atoms with Crippen molar-refractivity contribution in [1.29, 1.82) is 0 Å². The van der Waals surface area contributed by atoms with Gasteiger partial charge < -0.3 is 4.57 Å². The average molecular weight is 437 g/mol. The fourth-order valence-corrected chi connectivity index (χ4v) is 4.65. The number of hydrogen-bond donors (Lipinski definition) is 0. The van der Waals surface area contributed by atoms with Gasteiger partial charge in [-0.3, -0.25) is 9.69 Å². The highest BCUT2D eigenvalue weighted by molar-refractivity contribution is 7.89. The minimum absolute atomic E-state index is 0.0967.